The van der Waals surface area contributed by atoms with Gasteiger partial charge in [-0.3, -0.25) is 23.7 Å². The standard InChI is InChI=1S/C23H22N4O3S2.C2H4O2/c1-14(2)27-22(30)18(32-23(27)31)12-16-20(24-13-17(28)15-8-4-3-5-9-15)25-19-10-6-7-11-26(19)21(16)29;1-2(3)4/h3-12,14,17,24,28H,13H2,1-2H3;1H3,(H,3,4)/b18-12-;. The van der Waals surface area contributed by atoms with Gasteiger partial charge in [-0.25, -0.2) is 4.98 Å². The van der Waals surface area contributed by atoms with E-state index in [0.29, 0.717) is 20.7 Å². The highest BCUT2D eigenvalue weighted by Gasteiger charge is 2.34. The lowest BCUT2D eigenvalue weighted by Gasteiger charge is -2.18. The Morgan fingerprint density at radius 3 is 2.42 bits per heavy atom. The average molecular weight is 527 g/mol. The highest BCUT2D eigenvalue weighted by molar-refractivity contribution is 8.26. The third-order valence-electron chi connectivity index (χ3n) is 5.03. The second-order valence-corrected chi connectivity index (χ2v) is 9.76. The van der Waals surface area contributed by atoms with Gasteiger partial charge in [-0.1, -0.05) is 60.4 Å². The number of carboxylic acid groups (broad SMARTS) is 1. The van der Waals surface area contributed by atoms with E-state index < -0.39 is 12.1 Å². The zero-order valence-corrected chi connectivity index (χ0v) is 21.5. The van der Waals surface area contributed by atoms with Gasteiger partial charge in [-0.2, -0.15) is 0 Å². The van der Waals surface area contributed by atoms with E-state index in [1.165, 1.54) is 15.4 Å². The van der Waals surface area contributed by atoms with Crippen molar-refractivity contribution in [3.8, 4) is 0 Å². The summed E-state index contributed by atoms with van der Waals surface area (Å²) in [5, 5.41) is 21.1. The van der Waals surface area contributed by atoms with Crippen molar-refractivity contribution in [1.29, 1.82) is 0 Å². The number of nitrogens with zero attached hydrogens (tertiary/aromatic N) is 3. The monoisotopic (exact) mass is 526 g/mol. The molecule has 1 saturated heterocycles. The first kappa shape index (κ1) is 27.1. The molecule has 0 radical (unpaired) electrons. The van der Waals surface area contributed by atoms with Crippen LogP contribution in [-0.2, 0) is 9.59 Å². The zero-order chi connectivity index (χ0) is 26.4. The number of benzene rings is 1. The molecule has 188 valence electrons. The molecule has 1 fully saturated rings. The molecule has 3 aromatic rings. The number of hydrogen-bond donors (Lipinski definition) is 3. The minimum absolute atomic E-state index is 0.0807. The third-order valence-corrected chi connectivity index (χ3v) is 6.36. The Labute approximate surface area is 217 Å². The molecule has 1 atom stereocenters. The van der Waals surface area contributed by atoms with E-state index in [2.05, 4.69) is 10.3 Å². The van der Waals surface area contributed by atoms with Gasteiger partial charge in [-0.15, -0.1) is 0 Å². The number of aromatic nitrogens is 2. The maximum Gasteiger partial charge on any atom is 0.300 e. The van der Waals surface area contributed by atoms with Gasteiger partial charge in [0.05, 0.1) is 16.6 Å². The summed E-state index contributed by atoms with van der Waals surface area (Å²) < 4.78 is 1.88. The van der Waals surface area contributed by atoms with Gasteiger partial charge < -0.3 is 15.5 Å². The fraction of sp³-hybridized carbons (Fsp3) is 0.240. The summed E-state index contributed by atoms with van der Waals surface area (Å²) in [6, 6.07) is 14.4. The topological polar surface area (TPSA) is 124 Å². The van der Waals surface area contributed by atoms with Crippen molar-refractivity contribution >= 4 is 57.7 Å². The van der Waals surface area contributed by atoms with Crippen LogP contribution in [0.1, 0.15) is 38.0 Å². The number of aliphatic hydroxyl groups excluding tert-OH is 1. The van der Waals surface area contributed by atoms with Gasteiger partial charge in [0.1, 0.15) is 15.8 Å². The molecule has 1 aliphatic rings. The van der Waals surface area contributed by atoms with Crippen molar-refractivity contribution in [3.05, 3.63) is 81.1 Å². The van der Waals surface area contributed by atoms with Crippen LogP contribution in [0, 0.1) is 0 Å². The van der Waals surface area contributed by atoms with Crippen LogP contribution in [0.2, 0.25) is 0 Å². The van der Waals surface area contributed by atoms with Crippen molar-refractivity contribution in [3.63, 3.8) is 0 Å². The summed E-state index contributed by atoms with van der Waals surface area (Å²) >= 11 is 6.51. The molecule has 36 heavy (non-hydrogen) atoms. The van der Waals surface area contributed by atoms with Crippen LogP contribution in [0.4, 0.5) is 5.82 Å². The molecule has 1 aliphatic heterocycles. The molecular weight excluding hydrogens is 500 g/mol. The number of amides is 1. The number of pyridine rings is 1. The zero-order valence-electron chi connectivity index (χ0n) is 19.9. The second-order valence-electron chi connectivity index (χ2n) is 8.08. The number of hydrogen-bond acceptors (Lipinski definition) is 8. The number of carbonyl (C=O) groups is 2. The number of nitrogens with one attached hydrogen (secondary N) is 1. The molecule has 3 N–H and O–H groups in total. The summed E-state index contributed by atoms with van der Waals surface area (Å²) in [7, 11) is 0. The van der Waals surface area contributed by atoms with Gasteiger partial charge in [0.2, 0.25) is 0 Å². The lowest BCUT2D eigenvalue weighted by Crippen LogP contribution is -2.34. The first-order valence-corrected chi connectivity index (χ1v) is 12.3. The van der Waals surface area contributed by atoms with Crippen LogP contribution in [0.15, 0.2) is 64.4 Å². The average Bonchev–Trinajstić information content (AvgIpc) is 3.12. The van der Waals surface area contributed by atoms with Crippen LogP contribution in [0.3, 0.4) is 0 Å². The number of aliphatic carboxylic acids is 1. The molecule has 1 aromatic carbocycles. The number of fused-ring (bicyclic) bond motifs is 1. The SMILES string of the molecule is CC(=O)O.CC(C)N1C(=O)/C(=C/c2c(NCC(O)c3ccccc3)nc3ccccn3c2=O)SC1=S. The molecule has 2 aromatic heterocycles. The molecule has 0 bridgehead atoms. The quantitative estimate of drug-likeness (QED) is 0.327. The van der Waals surface area contributed by atoms with Gasteiger partial charge in [-0.05, 0) is 37.6 Å². The maximum atomic E-state index is 13.3. The van der Waals surface area contributed by atoms with Gasteiger partial charge in [0.15, 0.2) is 0 Å². The molecular formula is C25H26N4O5S2. The van der Waals surface area contributed by atoms with Crippen molar-refractivity contribution in [2.24, 2.45) is 0 Å². The van der Waals surface area contributed by atoms with Gasteiger partial charge in [0.25, 0.3) is 17.4 Å². The summed E-state index contributed by atoms with van der Waals surface area (Å²) in [4.78, 5) is 41.6. The number of carboxylic acids is 1. The van der Waals surface area contributed by atoms with E-state index in [-0.39, 0.29) is 29.6 Å². The predicted octanol–water partition coefficient (Wildman–Crippen LogP) is 3.54. The van der Waals surface area contributed by atoms with Crippen LogP contribution in [-0.4, -0.2) is 53.3 Å². The summed E-state index contributed by atoms with van der Waals surface area (Å²) in [6.07, 6.45) is 2.37. The van der Waals surface area contributed by atoms with E-state index in [0.717, 1.165) is 24.2 Å². The lowest BCUT2D eigenvalue weighted by molar-refractivity contribution is -0.134. The Morgan fingerprint density at radius 1 is 1.17 bits per heavy atom. The molecule has 9 nitrogen and oxygen atoms in total. The van der Waals surface area contributed by atoms with E-state index in [9.17, 15) is 14.7 Å². The molecule has 0 spiro atoms. The lowest BCUT2D eigenvalue weighted by atomic mass is 10.1. The summed E-state index contributed by atoms with van der Waals surface area (Å²) in [6.45, 7) is 5.00. The number of rotatable bonds is 6. The van der Waals surface area contributed by atoms with Crippen molar-refractivity contribution < 1.29 is 19.8 Å². The Kier molecular flexibility index (Phi) is 8.97. The van der Waals surface area contributed by atoms with Crippen LogP contribution < -0.4 is 10.9 Å². The fourth-order valence-electron chi connectivity index (χ4n) is 3.41. The smallest absolute Gasteiger partial charge is 0.300 e. The molecule has 1 unspecified atom stereocenters. The minimum atomic E-state index is -0.833. The predicted molar refractivity (Wildman–Crippen MR) is 145 cm³/mol. The Bertz CT molecular complexity index is 1370. The van der Waals surface area contributed by atoms with Crippen molar-refractivity contribution in [1.82, 2.24) is 14.3 Å². The highest BCUT2D eigenvalue weighted by Crippen LogP contribution is 2.34. The normalized spacial score (nSPS) is 15.2. The number of aliphatic hydroxyl groups is 1. The van der Waals surface area contributed by atoms with Crippen LogP contribution in [0.25, 0.3) is 11.7 Å². The Morgan fingerprint density at radius 2 is 1.81 bits per heavy atom. The number of thiocarbonyl (C=S) groups is 1. The van der Waals surface area contributed by atoms with Gasteiger partial charge in [0, 0.05) is 25.7 Å². The maximum absolute atomic E-state index is 13.3. The van der Waals surface area contributed by atoms with Gasteiger partial charge >= 0.3 is 0 Å². The molecule has 0 saturated carbocycles. The highest BCUT2D eigenvalue weighted by atomic mass is 32.2. The number of thioether (sulfide) groups is 1. The van der Waals surface area contributed by atoms with E-state index in [1.807, 2.05) is 44.2 Å². The van der Waals surface area contributed by atoms with Crippen molar-refractivity contribution in [2.75, 3.05) is 11.9 Å². The van der Waals surface area contributed by atoms with Crippen molar-refractivity contribution in [2.45, 2.75) is 32.9 Å². The Hall–Kier alpha value is -3.54. The van der Waals surface area contributed by atoms with E-state index >= 15 is 0 Å². The largest absolute Gasteiger partial charge is 0.481 e. The van der Waals surface area contributed by atoms with Crippen LogP contribution >= 0.6 is 24.0 Å². The molecule has 4 rings (SSSR count). The second kappa shape index (κ2) is 11.9. The molecule has 1 amide bonds. The summed E-state index contributed by atoms with van der Waals surface area (Å²) in [5.74, 6) is -0.770. The molecule has 11 heteroatoms. The molecule has 0 aliphatic carbocycles. The van der Waals surface area contributed by atoms with E-state index in [4.69, 9.17) is 22.1 Å². The third kappa shape index (κ3) is 6.36. The first-order valence-electron chi connectivity index (χ1n) is 11.0. The van der Waals surface area contributed by atoms with Crippen LogP contribution in [0.5, 0.6) is 0 Å². The number of carbonyl (C=O) groups excluding carboxylic acids is 1. The first-order chi connectivity index (χ1) is 17.1. The number of anilines is 1. The fourth-order valence-corrected chi connectivity index (χ4v) is 4.92. The summed E-state index contributed by atoms with van der Waals surface area (Å²) in [5.41, 5.74) is 1.12. The Balaban J connectivity index is 0.000000840. The minimum Gasteiger partial charge on any atom is -0.481 e. The molecule has 3 heterocycles. The van der Waals surface area contributed by atoms with E-state index in [1.54, 1.807) is 24.4 Å².